The Morgan fingerprint density at radius 2 is 1.85 bits per heavy atom. The molecule has 0 radical (unpaired) electrons. The number of methoxy groups -OCH3 is 1. The Bertz CT molecular complexity index is 675. The standard InChI is InChI=1S/C14H10N2O4/c1-19-14-8-10(9-15)2-7-13(14)20-12-5-3-11(4-6-12)16(17)18/h2-8H,1H3. The smallest absolute Gasteiger partial charge is 0.269 e. The summed E-state index contributed by atoms with van der Waals surface area (Å²) < 4.78 is 10.7. The van der Waals surface area contributed by atoms with Crippen LogP contribution in [0.2, 0.25) is 0 Å². The molecule has 2 aromatic carbocycles. The number of nitriles is 1. The van der Waals surface area contributed by atoms with Gasteiger partial charge >= 0.3 is 0 Å². The van der Waals surface area contributed by atoms with E-state index >= 15 is 0 Å². The van der Waals surface area contributed by atoms with Crippen molar-refractivity contribution in [2.24, 2.45) is 0 Å². The molecule has 20 heavy (non-hydrogen) atoms. The van der Waals surface area contributed by atoms with Gasteiger partial charge in [0, 0.05) is 18.2 Å². The van der Waals surface area contributed by atoms with Crippen molar-refractivity contribution in [1.29, 1.82) is 5.26 Å². The average molecular weight is 270 g/mol. The minimum absolute atomic E-state index is 0.0101. The number of hydrogen-bond acceptors (Lipinski definition) is 5. The summed E-state index contributed by atoms with van der Waals surface area (Å²) in [5.74, 6) is 1.29. The number of hydrogen-bond donors (Lipinski definition) is 0. The molecule has 0 atom stereocenters. The third-order valence-electron chi connectivity index (χ3n) is 2.57. The van der Waals surface area contributed by atoms with E-state index in [1.165, 1.54) is 31.4 Å². The van der Waals surface area contributed by atoms with Crippen LogP contribution in [0.4, 0.5) is 5.69 Å². The monoisotopic (exact) mass is 270 g/mol. The minimum Gasteiger partial charge on any atom is -0.493 e. The number of nitro groups is 1. The van der Waals surface area contributed by atoms with Crippen LogP contribution in [-0.4, -0.2) is 12.0 Å². The first kappa shape index (κ1) is 13.4. The van der Waals surface area contributed by atoms with Gasteiger partial charge in [0.1, 0.15) is 5.75 Å². The molecule has 0 saturated heterocycles. The summed E-state index contributed by atoms with van der Waals surface area (Å²) in [6, 6.07) is 12.5. The molecule has 0 aromatic heterocycles. The lowest BCUT2D eigenvalue weighted by molar-refractivity contribution is -0.384. The van der Waals surface area contributed by atoms with Gasteiger partial charge in [-0.3, -0.25) is 10.1 Å². The largest absolute Gasteiger partial charge is 0.493 e. The lowest BCUT2D eigenvalue weighted by Gasteiger charge is -2.10. The number of nitrogens with zero attached hydrogens (tertiary/aromatic N) is 2. The fourth-order valence-electron chi connectivity index (χ4n) is 1.58. The molecule has 0 unspecified atom stereocenters. The van der Waals surface area contributed by atoms with Gasteiger partial charge in [0.2, 0.25) is 0 Å². The Hall–Kier alpha value is -3.07. The van der Waals surface area contributed by atoms with Crippen molar-refractivity contribution in [1.82, 2.24) is 0 Å². The van der Waals surface area contributed by atoms with E-state index in [0.29, 0.717) is 22.8 Å². The molecule has 0 aliphatic carbocycles. The van der Waals surface area contributed by atoms with Crippen LogP contribution in [0.5, 0.6) is 17.2 Å². The molecular weight excluding hydrogens is 260 g/mol. The zero-order valence-corrected chi connectivity index (χ0v) is 10.6. The van der Waals surface area contributed by atoms with Gasteiger partial charge in [0.05, 0.1) is 23.7 Å². The third kappa shape index (κ3) is 2.84. The van der Waals surface area contributed by atoms with Crippen molar-refractivity contribution in [2.75, 3.05) is 7.11 Å². The van der Waals surface area contributed by atoms with E-state index in [0.717, 1.165) is 0 Å². The second kappa shape index (κ2) is 5.71. The van der Waals surface area contributed by atoms with Gasteiger partial charge in [0.25, 0.3) is 5.69 Å². The fourth-order valence-corrected chi connectivity index (χ4v) is 1.58. The molecule has 100 valence electrons. The first-order chi connectivity index (χ1) is 9.63. The predicted molar refractivity (Wildman–Crippen MR) is 70.9 cm³/mol. The Balaban J connectivity index is 2.25. The molecule has 0 bridgehead atoms. The van der Waals surface area contributed by atoms with E-state index in [1.54, 1.807) is 18.2 Å². The van der Waals surface area contributed by atoms with Crippen molar-refractivity contribution in [3.8, 4) is 23.3 Å². The van der Waals surface area contributed by atoms with Gasteiger partial charge in [-0.05, 0) is 24.3 Å². The van der Waals surface area contributed by atoms with Crippen molar-refractivity contribution in [2.45, 2.75) is 0 Å². The summed E-state index contributed by atoms with van der Waals surface area (Å²) in [4.78, 5) is 10.1. The van der Waals surface area contributed by atoms with E-state index in [9.17, 15) is 10.1 Å². The molecule has 2 aromatic rings. The number of nitro benzene ring substituents is 1. The van der Waals surface area contributed by atoms with Crippen LogP contribution < -0.4 is 9.47 Å². The molecule has 0 spiro atoms. The van der Waals surface area contributed by atoms with E-state index in [-0.39, 0.29) is 5.69 Å². The number of benzene rings is 2. The summed E-state index contributed by atoms with van der Waals surface area (Å²) in [5, 5.41) is 19.4. The molecule has 0 aliphatic rings. The van der Waals surface area contributed by atoms with Crippen LogP contribution in [-0.2, 0) is 0 Å². The molecule has 2 rings (SSSR count). The molecule has 0 saturated carbocycles. The van der Waals surface area contributed by atoms with Crippen molar-refractivity contribution < 1.29 is 14.4 Å². The molecule has 0 heterocycles. The zero-order chi connectivity index (χ0) is 14.5. The van der Waals surface area contributed by atoms with Gasteiger partial charge in [-0.25, -0.2) is 0 Å². The maximum atomic E-state index is 10.6. The number of rotatable bonds is 4. The van der Waals surface area contributed by atoms with Gasteiger partial charge in [-0.2, -0.15) is 5.26 Å². The van der Waals surface area contributed by atoms with Crippen molar-refractivity contribution in [3.05, 3.63) is 58.1 Å². The highest BCUT2D eigenvalue weighted by Gasteiger charge is 2.09. The van der Waals surface area contributed by atoms with Crippen LogP contribution in [0, 0.1) is 21.4 Å². The van der Waals surface area contributed by atoms with Gasteiger partial charge in [0.15, 0.2) is 11.5 Å². The second-order valence-electron chi connectivity index (χ2n) is 3.83. The van der Waals surface area contributed by atoms with Crippen molar-refractivity contribution >= 4 is 5.69 Å². The summed E-state index contributed by atoms with van der Waals surface area (Å²) in [6.45, 7) is 0. The fraction of sp³-hybridized carbons (Fsp3) is 0.0714. The van der Waals surface area contributed by atoms with Crippen LogP contribution >= 0.6 is 0 Å². The Labute approximate surface area is 114 Å². The van der Waals surface area contributed by atoms with Gasteiger partial charge < -0.3 is 9.47 Å². The molecular formula is C14H10N2O4. The maximum absolute atomic E-state index is 10.6. The summed E-state index contributed by atoms with van der Waals surface area (Å²) in [5.41, 5.74) is 0.446. The average Bonchev–Trinajstić information content (AvgIpc) is 2.48. The van der Waals surface area contributed by atoms with E-state index in [4.69, 9.17) is 14.7 Å². The topological polar surface area (TPSA) is 85.4 Å². The van der Waals surface area contributed by atoms with Crippen molar-refractivity contribution in [3.63, 3.8) is 0 Å². The molecule has 6 heteroatoms. The van der Waals surface area contributed by atoms with E-state index in [1.807, 2.05) is 6.07 Å². The highest BCUT2D eigenvalue weighted by atomic mass is 16.6. The highest BCUT2D eigenvalue weighted by molar-refractivity contribution is 5.49. The van der Waals surface area contributed by atoms with Gasteiger partial charge in [-0.15, -0.1) is 0 Å². The minimum atomic E-state index is -0.480. The van der Waals surface area contributed by atoms with Crippen LogP contribution in [0.3, 0.4) is 0 Å². The lowest BCUT2D eigenvalue weighted by Crippen LogP contribution is -1.92. The number of non-ortho nitro benzene ring substituents is 1. The molecule has 0 amide bonds. The molecule has 0 fully saturated rings. The van der Waals surface area contributed by atoms with E-state index < -0.39 is 4.92 Å². The maximum Gasteiger partial charge on any atom is 0.269 e. The second-order valence-corrected chi connectivity index (χ2v) is 3.83. The Morgan fingerprint density at radius 3 is 2.40 bits per heavy atom. The summed E-state index contributed by atoms with van der Waals surface area (Å²) >= 11 is 0. The first-order valence-electron chi connectivity index (χ1n) is 5.64. The molecule has 6 nitrogen and oxygen atoms in total. The summed E-state index contributed by atoms with van der Waals surface area (Å²) in [6.07, 6.45) is 0. The van der Waals surface area contributed by atoms with Crippen LogP contribution in [0.15, 0.2) is 42.5 Å². The van der Waals surface area contributed by atoms with Crippen LogP contribution in [0.25, 0.3) is 0 Å². The third-order valence-corrected chi connectivity index (χ3v) is 2.57. The SMILES string of the molecule is COc1cc(C#N)ccc1Oc1ccc([N+](=O)[O-])cc1. The predicted octanol–water partition coefficient (Wildman–Crippen LogP) is 3.27. The molecule has 0 N–H and O–H groups in total. The highest BCUT2D eigenvalue weighted by Crippen LogP contribution is 2.32. The number of ether oxygens (including phenoxy) is 2. The van der Waals surface area contributed by atoms with E-state index in [2.05, 4.69) is 0 Å². The Morgan fingerprint density at radius 1 is 1.15 bits per heavy atom. The Kier molecular flexibility index (Phi) is 3.82. The first-order valence-corrected chi connectivity index (χ1v) is 5.64. The molecule has 0 aliphatic heterocycles. The zero-order valence-electron chi connectivity index (χ0n) is 10.6. The lowest BCUT2D eigenvalue weighted by atomic mass is 10.2. The quantitative estimate of drug-likeness (QED) is 0.628. The summed E-state index contributed by atoms with van der Waals surface area (Å²) in [7, 11) is 1.47. The van der Waals surface area contributed by atoms with Gasteiger partial charge in [-0.1, -0.05) is 0 Å². The normalized spacial score (nSPS) is 9.60. The van der Waals surface area contributed by atoms with Crippen LogP contribution in [0.1, 0.15) is 5.56 Å².